The lowest BCUT2D eigenvalue weighted by Gasteiger charge is -2.30. The molecule has 4 aromatic rings. The monoisotopic (exact) mass is 520 g/mol. The molecular weight excluding hydrogens is 491 g/mol. The number of amides is 1. The lowest BCUT2D eigenvalue weighted by Crippen LogP contribution is -2.38. The van der Waals surface area contributed by atoms with Crippen molar-refractivity contribution in [1.29, 1.82) is 5.26 Å². The molecule has 0 aromatic heterocycles. The smallest absolute Gasteiger partial charge is 0.407 e. The van der Waals surface area contributed by atoms with Crippen LogP contribution in [-0.4, -0.2) is 23.2 Å². The van der Waals surface area contributed by atoms with Crippen molar-refractivity contribution in [1.82, 2.24) is 5.32 Å². The Bertz CT molecular complexity index is 1360. The summed E-state index contributed by atoms with van der Waals surface area (Å²) in [7, 11) is 0. The van der Waals surface area contributed by atoms with Crippen LogP contribution in [0, 0.1) is 11.3 Å². The van der Waals surface area contributed by atoms with E-state index in [4.69, 9.17) is 4.74 Å². The maximum absolute atomic E-state index is 13.9. The molecule has 0 aliphatic carbocycles. The molecule has 0 fully saturated rings. The number of ether oxygens (including phenoxy) is 1. The van der Waals surface area contributed by atoms with Gasteiger partial charge in [0.15, 0.2) is 5.78 Å². The van der Waals surface area contributed by atoms with Gasteiger partial charge in [-0.25, -0.2) is 4.79 Å². The van der Waals surface area contributed by atoms with Gasteiger partial charge in [0.05, 0.1) is 0 Å². The second-order valence-corrected chi connectivity index (χ2v) is 12.2. The average Bonchev–Trinajstić information content (AvgIpc) is 2.96. The van der Waals surface area contributed by atoms with Gasteiger partial charge < -0.3 is 10.1 Å². The van der Waals surface area contributed by atoms with Crippen molar-refractivity contribution in [3.05, 3.63) is 127 Å². The fourth-order valence-corrected chi connectivity index (χ4v) is 8.65. The van der Waals surface area contributed by atoms with Gasteiger partial charge >= 0.3 is 6.09 Å². The summed E-state index contributed by atoms with van der Waals surface area (Å²) in [6.45, 7) is -0.928. The van der Waals surface area contributed by atoms with Gasteiger partial charge in [-0.05, 0) is 35.3 Å². The van der Waals surface area contributed by atoms with Crippen LogP contribution in [0.15, 0.2) is 121 Å². The zero-order chi connectivity index (χ0) is 26.8. The molecule has 0 spiro atoms. The number of nitrogens with zero attached hydrogens (tertiary/aromatic N) is 1. The number of rotatable bonds is 9. The number of carbonyl (C=O) groups is 2. The Morgan fingerprint density at radius 1 is 0.763 bits per heavy atom. The van der Waals surface area contributed by atoms with Gasteiger partial charge in [-0.1, -0.05) is 121 Å². The van der Waals surface area contributed by atoms with E-state index >= 15 is 0 Å². The second kappa shape index (κ2) is 12.7. The molecule has 1 amide bonds. The summed E-state index contributed by atoms with van der Waals surface area (Å²) < 4.78 is 5.32. The molecule has 0 radical (unpaired) electrons. The lowest BCUT2D eigenvalue weighted by molar-refractivity contribution is -0.113. The van der Waals surface area contributed by atoms with E-state index in [1.54, 1.807) is 6.92 Å². The number of carbonyl (C=O) groups excluding carboxylic acids is 2. The molecular formula is C32H29N2O3P. The van der Waals surface area contributed by atoms with E-state index in [1.807, 2.05) is 121 Å². The fraction of sp³-hybridized carbons (Fsp3) is 0.125. The molecule has 0 saturated carbocycles. The van der Waals surface area contributed by atoms with Crippen molar-refractivity contribution >= 4 is 40.0 Å². The SMILES string of the molecule is C[C@@H](CC(=O)C(C#N)=P(c1ccccc1)(c1ccccc1)c1ccccc1)NC(=O)OCc1ccccc1. The molecule has 0 unspecified atom stereocenters. The summed E-state index contributed by atoms with van der Waals surface area (Å²) in [5.74, 6) is -0.298. The van der Waals surface area contributed by atoms with Crippen LogP contribution >= 0.6 is 6.89 Å². The van der Waals surface area contributed by atoms with Gasteiger partial charge in [-0.3, -0.25) is 4.79 Å². The molecule has 0 saturated heterocycles. The quantitative estimate of drug-likeness (QED) is 0.317. The predicted octanol–water partition coefficient (Wildman–Crippen LogP) is 4.95. The number of ketones is 1. The highest BCUT2D eigenvalue weighted by Crippen LogP contribution is 2.46. The highest BCUT2D eigenvalue weighted by molar-refractivity contribution is 7.96. The molecule has 5 nitrogen and oxygen atoms in total. The van der Waals surface area contributed by atoms with Crippen molar-refractivity contribution in [2.75, 3.05) is 0 Å². The van der Waals surface area contributed by atoms with Gasteiger partial charge in [0, 0.05) is 12.5 Å². The van der Waals surface area contributed by atoms with Crippen molar-refractivity contribution in [3.8, 4) is 6.07 Å². The summed E-state index contributed by atoms with van der Waals surface area (Å²) in [5.41, 5.74) is 0.870. The Kier molecular flexibility index (Phi) is 8.93. The van der Waals surface area contributed by atoms with Gasteiger partial charge in [-0.2, -0.15) is 5.26 Å². The second-order valence-electron chi connectivity index (χ2n) is 8.87. The largest absolute Gasteiger partial charge is 0.445 e. The lowest BCUT2D eigenvalue weighted by atomic mass is 10.1. The topological polar surface area (TPSA) is 79.2 Å². The summed E-state index contributed by atoms with van der Waals surface area (Å²) >= 11 is 0. The van der Waals surface area contributed by atoms with E-state index < -0.39 is 19.0 Å². The highest BCUT2D eigenvalue weighted by atomic mass is 31.2. The summed E-state index contributed by atoms with van der Waals surface area (Å²) in [4.78, 5) is 26.3. The van der Waals surface area contributed by atoms with Crippen LogP contribution < -0.4 is 21.2 Å². The molecule has 0 bridgehead atoms. The summed E-state index contributed by atoms with van der Waals surface area (Å²) in [6, 6.07) is 40.5. The number of hydrogen-bond donors (Lipinski definition) is 1. The predicted molar refractivity (Wildman–Crippen MR) is 155 cm³/mol. The van der Waals surface area contributed by atoms with Crippen LogP contribution in [0.2, 0.25) is 0 Å². The minimum Gasteiger partial charge on any atom is -0.445 e. The number of Topliss-reactive ketones (excluding diaryl/α,β-unsaturated/α-hetero) is 1. The minimum atomic E-state index is -2.80. The molecule has 38 heavy (non-hydrogen) atoms. The first-order valence-corrected chi connectivity index (χ1v) is 14.2. The Morgan fingerprint density at radius 2 is 1.18 bits per heavy atom. The third-order valence-electron chi connectivity index (χ3n) is 6.20. The Morgan fingerprint density at radius 3 is 1.61 bits per heavy atom. The van der Waals surface area contributed by atoms with E-state index in [-0.39, 0.29) is 24.1 Å². The average molecular weight is 521 g/mol. The van der Waals surface area contributed by atoms with Gasteiger partial charge in [0.2, 0.25) is 0 Å². The van der Waals surface area contributed by atoms with Crippen LogP contribution in [0.4, 0.5) is 4.79 Å². The van der Waals surface area contributed by atoms with Gasteiger partial charge in [0.1, 0.15) is 18.0 Å². The summed E-state index contributed by atoms with van der Waals surface area (Å²) in [5, 5.41) is 16.2. The third kappa shape index (κ3) is 5.94. The molecule has 6 heteroatoms. The Hall–Kier alpha value is -4.39. The maximum Gasteiger partial charge on any atom is 0.407 e. The van der Waals surface area contributed by atoms with Gasteiger partial charge in [0.25, 0.3) is 0 Å². The van der Waals surface area contributed by atoms with Crippen LogP contribution in [-0.2, 0) is 16.1 Å². The third-order valence-corrected chi connectivity index (χ3v) is 10.4. The molecule has 0 aliphatic heterocycles. The van der Waals surface area contributed by atoms with Crippen molar-refractivity contribution < 1.29 is 14.3 Å². The van der Waals surface area contributed by atoms with Crippen molar-refractivity contribution in [2.45, 2.75) is 26.0 Å². The van der Waals surface area contributed by atoms with E-state index in [2.05, 4.69) is 11.4 Å². The first-order chi connectivity index (χ1) is 18.6. The molecule has 1 N–H and O–H groups in total. The van der Waals surface area contributed by atoms with Crippen molar-refractivity contribution in [3.63, 3.8) is 0 Å². The number of nitrogens with one attached hydrogen (secondary N) is 1. The van der Waals surface area contributed by atoms with E-state index in [1.165, 1.54) is 0 Å². The number of hydrogen-bond acceptors (Lipinski definition) is 4. The molecule has 190 valence electrons. The van der Waals surface area contributed by atoms with E-state index in [0.717, 1.165) is 21.5 Å². The maximum atomic E-state index is 13.9. The summed E-state index contributed by atoms with van der Waals surface area (Å²) in [6.07, 6.45) is -0.639. The van der Waals surface area contributed by atoms with Crippen LogP contribution in [0.3, 0.4) is 0 Å². The minimum absolute atomic E-state index is 0.0302. The molecule has 1 atom stereocenters. The molecule has 4 rings (SSSR count). The first kappa shape index (κ1) is 26.7. The first-order valence-electron chi connectivity index (χ1n) is 12.4. The standard InChI is InChI=1S/C32H29N2O3P/c1-25(34-32(36)37-24-26-14-6-2-7-15-26)22-30(35)31(23-33)38(27-16-8-3-9-17-27,28-18-10-4-11-19-28)29-20-12-5-13-21-29/h2-21,25H,22,24H2,1H3,(H,34,36)/t25-/m0/s1. The fourth-order valence-electron chi connectivity index (χ4n) is 4.51. The van der Waals surface area contributed by atoms with Crippen LogP contribution in [0.5, 0.6) is 0 Å². The molecule has 0 heterocycles. The van der Waals surface area contributed by atoms with Crippen LogP contribution in [0.25, 0.3) is 0 Å². The Balaban J connectivity index is 1.72. The number of alkyl carbamates (subject to hydrolysis) is 1. The van der Waals surface area contributed by atoms with Crippen LogP contribution in [0.1, 0.15) is 18.9 Å². The zero-order valence-electron chi connectivity index (χ0n) is 21.2. The normalized spacial score (nSPS) is 11.6. The zero-order valence-corrected chi connectivity index (χ0v) is 22.1. The molecule has 4 aromatic carbocycles. The van der Waals surface area contributed by atoms with Gasteiger partial charge in [-0.15, -0.1) is 0 Å². The van der Waals surface area contributed by atoms with Crippen molar-refractivity contribution in [2.24, 2.45) is 0 Å². The van der Waals surface area contributed by atoms with E-state index in [9.17, 15) is 14.9 Å². The Labute approximate surface area is 223 Å². The van der Waals surface area contributed by atoms with E-state index in [0.29, 0.717) is 0 Å². The highest BCUT2D eigenvalue weighted by Gasteiger charge is 2.33. The number of benzene rings is 4. The molecule has 0 aliphatic rings. The number of nitriles is 1.